The molecule has 3 rings (SSSR count). The summed E-state index contributed by atoms with van der Waals surface area (Å²) in [5.74, 6) is 0.786. The molecule has 0 saturated carbocycles. The molecule has 0 radical (unpaired) electrons. The fraction of sp³-hybridized carbons (Fsp3) is 0.211. The molecule has 0 aliphatic carbocycles. The maximum Gasteiger partial charge on any atom is 0.259 e. The predicted octanol–water partition coefficient (Wildman–Crippen LogP) is 4.26. The number of aromatic nitrogens is 1. The van der Waals surface area contributed by atoms with E-state index >= 15 is 0 Å². The number of pyridine rings is 1. The maximum absolute atomic E-state index is 12.9. The second-order valence-corrected chi connectivity index (χ2v) is 5.61. The van der Waals surface area contributed by atoms with Crippen molar-refractivity contribution in [3.05, 3.63) is 65.0 Å². The normalized spacial score (nSPS) is 11.1. The highest BCUT2D eigenvalue weighted by Crippen LogP contribution is 2.24. The fourth-order valence-electron chi connectivity index (χ4n) is 2.78. The second kappa shape index (κ2) is 5.68. The zero-order chi connectivity index (χ0) is 15.7. The van der Waals surface area contributed by atoms with Crippen molar-refractivity contribution in [1.82, 2.24) is 4.57 Å². The summed E-state index contributed by atoms with van der Waals surface area (Å²) in [5, 5.41) is 1.07. The molecular weight excluding hydrogens is 274 g/mol. The summed E-state index contributed by atoms with van der Waals surface area (Å²) >= 11 is 0. The van der Waals surface area contributed by atoms with Crippen molar-refractivity contribution >= 4 is 10.9 Å². The first kappa shape index (κ1) is 14.4. The number of nitrogens with zero attached hydrogens (tertiary/aromatic N) is 1. The van der Waals surface area contributed by atoms with Crippen molar-refractivity contribution in [2.24, 2.45) is 0 Å². The highest BCUT2D eigenvalue weighted by Gasteiger charge is 2.12. The van der Waals surface area contributed by atoms with Crippen LogP contribution in [0.4, 0.5) is 0 Å². The van der Waals surface area contributed by atoms with Crippen molar-refractivity contribution in [2.45, 2.75) is 19.9 Å². The van der Waals surface area contributed by atoms with Gasteiger partial charge in [-0.2, -0.15) is 0 Å². The summed E-state index contributed by atoms with van der Waals surface area (Å²) in [6, 6.07) is 17.7. The van der Waals surface area contributed by atoms with Crippen LogP contribution in [-0.2, 0) is 0 Å². The van der Waals surface area contributed by atoms with Crippen LogP contribution in [0.25, 0.3) is 22.0 Å². The molecule has 3 nitrogen and oxygen atoms in total. The van der Waals surface area contributed by atoms with Gasteiger partial charge in [0, 0.05) is 11.6 Å². The molecule has 112 valence electrons. The Balaban J connectivity index is 2.29. The van der Waals surface area contributed by atoms with Crippen LogP contribution in [0.15, 0.2) is 59.4 Å². The number of para-hydroxylation sites is 1. The quantitative estimate of drug-likeness (QED) is 0.722. The molecule has 22 heavy (non-hydrogen) atoms. The number of fused-ring (bicyclic) bond motifs is 1. The lowest BCUT2D eigenvalue weighted by Crippen LogP contribution is -2.23. The lowest BCUT2D eigenvalue weighted by molar-refractivity contribution is 0.415. The average molecular weight is 293 g/mol. The van der Waals surface area contributed by atoms with Crippen LogP contribution >= 0.6 is 0 Å². The van der Waals surface area contributed by atoms with Crippen LogP contribution < -0.4 is 10.3 Å². The van der Waals surface area contributed by atoms with Gasteiger partial charge in [0.05, 0.1) is 12.6 Å². The summed E-state index contributed by atoms with van der Waals surface area (Å²) in [7, 11) is 1.64. The number of hydrogen-bond acceptors (Lipinski definition) is 2. The van der Waals surface area contributed by atoms with E-state index in [1.165, 1.54) is 0 Å². The highest BCUT2D eigenvalue weighted by molar-refractivity contribution is 5.84. The summed E-state index contributed by atoms with van der Waals surface area (Å²) in [5.41, 5.74) is 2.64. The van der Waals surface area contributed by atoms with Gasteiger partial charge in [0.15, 0.2) is 0 Å². The average Bonchev–Trinajstić information content (AvgIpc) is 2.54. The Kier molecular flexibility index (Phi) is 3.72. The third-order valence-corrected chi connectivity index (χ3v) is 3.86. The summed E-state index contributed by atoms with van der Waals surface area (Å²) in [6.07, 6.45) is 0. The van der Waals surface area contributed by atoms with Crippen LogP contribution in [0.5, 0.6) is 5.75 Å². The SMILES string of the molecule is COc1ccc(-c2cc3ccccc3n(C(C)C)c2=O)cc1. The Labute approximate surface area is 129 Å². The fourth-order valence-corrected chi connectivity index (χ4v) is 2.78. The molecule has 0 saturated heterocycles. The molecule has 0 fully saturated rings. The lowest BCUT2D eigenvalue weighted by Gasteiger charge is -2.16. The van der Waals surface area contributed by atoms with Crippen LogP contribution in [0, 0.1) is 0 Å². The summed E-state index contributed by atoms with van der Waals surface area (Å²) in [4.78, 5) is 12.9. The zero-order valence-electron chi connectivity index (χ0n) is 13.0. The van der Waals surface area contributed by atoms with E-state index in [0.29, 0.717) is 0 Å². The Morgan fingerprint density at radius 1 is 1.00 bits per heavy atom. The first-order valence-electron chi connectivity index (χ1n) is 7.40. The van der Waals surface area contributed by atoms with E-state index < -0.39 is 0 Å². The van der Waals surface area contributed by atoms with E-state index in [0.717, 1.165) is 27.8 Å². The highest BCUT2D eigenvalue weighted by atomic mass is 16.5. The molecule has 0 atom stereocenters. The van der Waals surface area contributed by atoms with Gasteiger partial charge in [0.2, 0.25) is 0 Å². The van der Waals surface area contributed by atoms with Gasteiger partial charge in [-0.25, -0.2) is 0 Å². The number of methoxy groups -OCH3 is 1. The van der Waals surface area contributed by atoms with Crippen LogP contribution in [0.2, 0.25) is 0 Å². The van der Waals surface area contributed by atoms with Gasteiger partial charge in [0.25, 0.3) is 5.56 Å². The van der Waals surface area contributed by atoms with Crippen molar-refractivity contribution in [3.8, 4) is 16.9 Å². The molecule has 2 aromatic carbocycles. The smallest absolute Gasteiger partial charge is 0.259 e. The zero-order valence-corrected chi connectivity index (χ0v) is 13.0. The maximum atomic E-state index is 12.9. The van der Waals surface area contributed by atoms with Gasteiger partial charge >= 0.3 is 0 Å². The number of rotatable bonds is 3. The van der Waals surface area contributed by atoms with Gasteiger partial charge in [-0.05, 0) is 49.1 Å². The standard InChI is InChI=1S/C19H19NO2/c1-13(2)20-18-7-5-4-6-15(18)12-17(19(20)21)14-8-10-16(22-3)11-9-14/h4-13H,1-3H3. The number of benzene rings is 2. The topological polar surface area (TPSA) is 31.2 Å². The van der Waals surface area contributed by atoms with E-state index in [1.807, 2.05) is 73.0 Å². The minimum absolute atomic E-state index is 0.0406. The first-order chi connectivity index (χ1) is 10.6. The largest absolute Gasteiger partial charge is 0.497 e. The van der Waals surface area contributed by atoms with Gasteiger partial charge < -0.3 is 9.30 Å². The van der Waals surface area contributed by atoms with Gasteiger partial charge in [-0.1, -0.05) is 30.3 Å². The van der Waals surface area contributed by atoms with Crippen LogP contribution in [0.3, 0.4) is 0 Å². The number of hydrogen-bond donors (Lipinski definition) is 0. The van der Waals surface area contributed by atoms with Gasteiger partial charge in [0.1, 0.15) is 5.75 Å². The van der Waals surface area contributed by atoms with Crippen molar-refractivity contribution in [3.63, 3.8) is 0 Å². The molecule has 3 heteroatoms. The second-order valence-electron chi connectivity index (χ2n) is 5.61. The Morgan fingerprint density at radius 3 is 2.32 bits per heavy atom. The molecule has 0 aliphatic rings. The van der Waals surface area contributed by atoms with Crippen molar-refractivity contribution in [1.29, 1.82) is 0 Å². The van der Waals surface area contributed by atoms with Gasteiger partial charge in [-0.15, -0.1) is 0 Å². The summed E-state index contributed by atoms with van der Waals surface area (Å²) in [6.45, 7) is 4.07. The monoisotopic (exact) mass is 293 g/mol. The molecule has 3 aromatic rings. The molecule has 0 N–H and O–H groups in total. The molecule has 0 spiro atoms. The molecular formula is C19H19NO2. The summed E-state index contributed by atoms with van der Waals surface area (Å²) < 4.78 is 7.04. The molecule has 1 aromatic heterocycles. The minimum Gasteiger partial charge on any atom is -0.497 e. The van der Waals surface area contributed by atoms with E-state index in [4.69, 9.17) is 4.74 Å². The molecule has 1 heterocycles. The predicted molar refractivity (Wildman–Crippen MR) is 90.6 cm³/mol. The minimum atomic E-state index is 0.0406. The Bertz CT molecular complexity index is 861. The molecule has 0 bridgehead atoms. The van der Waals surface area contributed by atoms with Crippen LogP contribution in [-0.4, -0.2) is 11.7 Å². The van der Waals surface area contributed by atoms with E-state index in [1.54, 1.807) is 7.11 Å². The van der Waals surface area contributed by atoms with Crippen LogP contribution in [0.1, 0.15) is 19.9 Å². The van der Waals surface area contributed by atoms with E-state index in [-0.39, 0.29) is 11.6 Å². The molecule has 0 aliphatic heterocycles. The Morgan fingerprint density at radius 2 is 1.68 bits per heavy atom. The molecule has 0 amide bonds. The van der Waals surface area contributed by atoms with Crippen molar-refractivity contribution in [2.75, 3.05) is 7.11 Å². The Hall–Kier alpha value is -2.55. The molecule has 0 unspecified atom stereocenters. The van der Waals surface area contributed by atoms with E-state index in [2.05, 4.69) is 0 Å². The number of ether oxygens (including phenoxy) is 1. The van der Waals surface area contributed by atoms with Gasteiger partial charge in [-0.3, -0.25) is 4.79 Å². The first-order valence-corrected chi connectivity index (χ1v) is 7.40. The lowest BCUT2D eigenvalue weighted by atomic mass is 10.0. The van der Waals surface area contributed by atoms with E-state index in [9.17, 15) is 4.79 Å². The van der Waals surface area contributed by atoms with Crippen molar-refractivity contribution < 1.29 is 4.74 Å². The third kappa shape index (κ3) is 2.39. The third-order valence-electron chi connectivity index (χ3n) is 3.86.